The number of methoxy groups -OCH3 is 2. The fourth-order valence-corrected chi connectivity index (χ4v) is 7.12. The van der Waals surface area contributed by atoms with Crippen LogP contribution in [0.1, 0.15) is 27.3 Å². The topological polar surface area (TPSA) is 120 Å². The Hall–Kier alpha value is -3.43. The van der Waals surface area contributed by atoms with Gasteiger partial charge in [0.2, 0.25) is 10.0 Å². The fourth-order valence-electron chi connectivity index (χ4n) is 5.66. The van der Waals surface area contributed by atoms with Gasteiger partial charge in [0, 0.05) is 94.2 Å². The van der Waals surface area contributed by atoms with Gasteiger partial charge in [-0.1, -0.05) is 0 Å². The van der Waals surface area contributed by atoms with Gasteiger partial charge >= 0.3 is 0 Å². The molecule has 0 radical (unpaired) electrons. The number of nitrogens with zero attached hydrogens (tertiary/aromatic N) is 4. The molecule has 0 atom stereocenters. The molecule has 2 aliphatic rings. The predicted octanol–water partition coefficient (Wildman–Crippen LogP) is 2.69. The number of hydrogen-bond acceptors (Lipinski definition) is 9. The van der Waals surface area contributed by atoms with Gasteiger partial charge < -0.3 is 24.6 Å². The van der Waals surface area contributed by atoms with Crippen LogP contribution in [0.3, 0.4) is 0 Å². The molecule has 1 saturated heterocycles. The second-order valence-corrected chi connectivity index (χ2v) is 13.1. The number of aromatic amines is 1. The van der Waals surface area contributed by atoms with Crippen molar-refractivity contribution in [1.29, 1.82) is 0 Å². The number of H-pyrrole nitrogens is 1. The molecule has 3 aromatic rings. The Morgan fingerprint density at radius 2 is 1.70 bits per heavy atom. The quantitative estimate of drug-likeness (QED) is 0.291. The number of ketones is 1. The van der Waals surface area contributed by atoms with Gasteiger partial charge in [0.05, 0.1) is 36.3 Å². The highest BCUT2D eigenvalue weighted by molar-refractivity contribution is 7.89. The molecule has 1 aromatic heterocycles. The van der Waals surface area contributed by atoms with E-state index in [1.165, 1.54) is 0 Å². The Morgan fingerprint density at radius 1 is 1.02 bits per heavy atom. The average molecular weight is 633 g/mol. The first kappa shape index (κ1) is 32.0. The summed E-state index contributed by atoms with van der Waals surface area (Å²) >= 11 is 0. The van der Waals surface area contributed by atoms with Crippen molar-refractivity contribution >= 4 is 27.2 Å². The van der Waals surface area contributed by atoms with Gasteiger partial charge in [-0.3, -0.25) is 9.89 Å². The molecule has 14 heteroatoms. The number of hydrogen-bond donors (Lipinski definition) is 2. The third-order valence-electron chi connectivity index (χ3n) is 8.05. The van der Waals surface area contributed by atoms with Crippen molar-refractivity contribution in [2.24, 2.45) is 0 Å². The fraction of sp³-hybridized carbons (Fsp3) is 0.467. The summed E-state index contributed by atoms with van der Waals surface area (Å²) in [4.78, 5) is 17.9. The molecule has 2 N–H and O–H groups in total. The zero-order valence-electron chi connectivity index (χ0n) is 25.1. The maximum Gasteiger partial charge on any atom is 0.243 e. The number of rotatable bonds is 12. The highest BCUT2D eigenvalue weighted by Gasteiger charge is 2.32. The summed E-state index contributed by atoms with van der Waals surface area (Å²) in [6.45, 7) is 4.36. The van der Waals surface area contributed by atoms with E-state index in [0.717, 1.165) is 54.0 Å². The number of nitrogens with one attached hydrogen (secondary N) is 2. The summed E-state index contributed by atoms with van der Waals surface area (Å²) in [6.07, 6.45) is 0.242. The highest BCUT2D eigenvalue weighted by Crippen LogP contribution is 2.30. The molecule has 0 aliphatic carbocycles. The molecule has 0 amide bonds. The van der Waals surface area contributed by atoms with Crippen molar-refractivity contribution in [3.63, 3.8) is 0 Å². The minimum Gasteiger partial charge on any atom is -0.382 e. The van der Waals surface area contributed by atoms with Crippen molar-refractivity contribution in [2.45, 2.75) is 30.3 Å². The maximum absolute atomic E-state index is 13.8. The molecule has 1 fully saturated rings. The summed E-state index contributed by atoms with van der Waals surface area (Å²) in [5.74, 6) is -2.15. The van der Waals surface area contributed by atoms with E-state index in [0.29, 0.717) is 48.2 Å². The SMILES string of the molecule is COCC(COC)Nc1cc(N2CCN(C)CC2)ccc1C(=O)Cc1n[nH]c2c1CN(S(=O)(=O)c1cc(F)cc(F)c1)CC2. The molecule has 2 aromatic carbocycles. The lowest BCUT2D eigenvalue weighted by atomic mass is 9.99. The van der Waals surface area contributed by atoms with Crippen LogP contribution in [-0.2, 0) is 38.9 Å². The lowest BCUT2D eigenvalue weighted by Gasteiger charge is -2.34. The van der Waals surface area contributed by atoms with Gasteiger partial charge in [-0.15, -0.1) is 0 Å². The molecule has 0 saturated carbocycles. The van der Waals surface area contributed by atoms with Crippen LogP contribution < -0.4 is 10.2 Å². The van der Waals surface area contributed by atoms with E-state index >= 15 is 0 Å². The van der Waals surface area contributed by atoms with Crippen molar-refractivity contribution in [3.8, 4) is 0 Å². The average Bonchev–Trinajstić information content (AvgIpc) is 3.39. The second kappa shape index (κ2) is 13.7. The molecular weight excluding hydrogens is 594 g/mol. The lowest BCUT2D eigenvalue weighted by molar-refractivity contribution is 0.0991. The number of fused-ring (bicyclic) bond motifs is 1. The number of sulfonamides is 1. The molecule has 11 nitrogen and oxygen atoms in total. The molecular formula is C30H38F2N6O5S. The van der Waals surface area contributed by atoms with Crippen LogP contribution >= 0.6 is 0 Å². The Labute approximate surface area is 256 Å². The van der Waals surface area contributed by atoms with E-state index < -0.39 is 26.6 Å². The Bertz CT molecular complexity index is 1570. The normalized spacial score (nSPS) is 16.4. The van der Waals surface area contributed by atoms with E-state index in [9.17, 15) is 22.0 Å². The van der Waals surface area contributed by atoms with Gasteiger partial charge in [-0.05, 0) is 37.4 Å². The van der Waals surface area contributed by atoms with E-state index in [1.807, 2.05) is 18.2 Å². The summed E-state index contributed by atoms with van der Waals surface area (Å²) in [5, 5.41) is 10.7. The number of benzene rings is 2. The van der Waals surface area contributed by atoms with E-state index in [4.69, 9.17) is 9.47 Å². The van der Waals surface area contributed by atoms with E-state index in [2.05, 4.69) is 32.4 Å². The number of aromatic nitrogens is 2. The zero-order chi connectivity index (χ0) is 31.4. The van der Waals surface area contributed by atoms with Crippen molar-refractivity contribution < 1.29 is 31.5 Å². The number of piperazine rings is 1. The van der Waals surface area contributed by atoms with Crippen molar-refractivity contribution in [3.05, 3.63) is 70.5 Å². The third-order valence-corrected chi connectivity index (χ3v) is 9.88. The Kier molecular flexibility index (Phi) is 9.95. The molecule has 0 bridgehead atoms. The number of likely N-dealkylation sites (N-methyl/N-ethyl adjacent to an activating group) is 1. The number of carbonyl (C=O) groups excluding carboxylic acids is 1. The van der Waals surface area contributed by atoms with Crippen LogP contribution in [-0.4, -0.2) is 107 Å². The molecule has 0 unspecified atom stereocenters. The van der Waals surface area contributed by atoms with Gasteiger partial charge in [0.1, 0.15) is 11.6 Å². The standard InChI is InChI=1S/C30H38F2N6O5S/c1-36-8-10-37(11-9-36)23-4-5-25(28(15-23)33-22(18-42-2)19-43-3)30(39)16-29-26-17-38(7-6-27(26)34-35-29)44(40,41)24-13-20(31)12-21(32)14-24/h4-5,12-15,22,33H,6-11,16-19H2,1-3H3,(H,34,35). The minimum absolute atomic E-state index is 0.0733. The predicted molar refractivity (Wildman–Crippen MR) is 162 cm³/mol. The van der Waals surface area contributed by atoms with Crippen molar-refractivity contribution in [1.82, 2.24) is 19.4 Å². The summed E-state index contributed by atoms with van der Waals surface area (Å²) in [5.41, 5.74) is 3.85. The van der Waals surface area contributed by atoms with Crippen LogP contribution in [0.15, 0.2) is 41.3 Å². The molecule has 5 rings (SSSR count). The summed E-state index contributed by atoms with van der Waals surface area (Å²) < 4.78 is 66.1. The molecule has 0 spiro atoms. The Morgan fingerprint density at radius 3 is 2.36 bits per heavy atom. The highest BCUT2D eigenvalue weighted by atomic mass is 32.2. The molecule has 3 heterocycles. The van der Waals surface area contributed by atoms with Gasteiger partial charge in [-0.25, -0.2) is 17.2 Å². The maximum atomic E-state index is 13.8. The third kappa shape index (κ3) is 7.10. The van der Waals surface area contributed by atoms with Gasteiger partial charge in [0.25, 0.3) is 0 Å². The van der Waals surface area contributed by atoms with E-state index in [1.54, 1.807) is 14.2 Å². The number of Topliss-reactive ketones (excluding diaryl/α,β-unsaturated/α-hetero) is 1. The molecule has 2 aliphatic heterocycles. The molecule has 238 valence electrons. The monoisotopic (exact) mass is 632 g/mol. The number of ether oxygens (including phenoxy) is 2. The first-order chi connectivity index (χ1) is 21.1. The van der Waals surface area contributed by atoms with Crippen LogP contribution in [0.25, 0.3) is 0 Å². The number of halogens is 2. The van der Waals surface area contributed by atoms with Gasteiger partial charge in [-0.2, -0.15) is 9.40 Å². The first-order valence-electron chi connectivity index (χ1n) is 14.5. The molecule has 44 heavy (non-hydrogen) atoms. The van der Waals surface area contributed by atoms with Crippen LogP contribution in [0.4, 0.5) is 20.2 Å². The Balaban J connectivity index is 1.40. The van der Waals surface area contributed by atoms with Crippen LogP contribution in [0.2, 0.25) is 0 Å². The van der Waals surface area contributed by atoms with Gasteiger partial charge in [0.15, 0.2) is 5.78 Å². The first-order valence-corrected chi connectivity index (χ1v) is 15.9. The van der Waals surface area contributed by atoms with Crippen molar-refractivity contribution in [2.75, 3.05) is 77.4 Å². The largest absolute Gasteiger partial charge is 0.382 e. The van der Waals surface area contributed by atoms with Crippen LogP contribution in [0, 0.1) is 11.6 Å². The van der Waals surface area contributed by atoms with E-state index in [-0.39, 0.29) is 31.3 Å². The lowest BCUT2D eigenvalue weighted by Crippen LogP contribution is -2.44. The number of carbonyl (C=O) groups is 1. The zero-order valence-corrected chi connectivity index (χ0v) is 25.9. The smallest absolute Gasteiger partial charge is 0.243 e. The second-order valence-electron chi connectivity index (χ2n) is 11.2. The minimum atomic E-state index is -4.19. The summed E-state index contributed by atoms with van der Waals surface area (Å²) in [7, 11) is 1.11. The number of anilines is 2. The van der Waals surface area contributed by atoms with Crippen LogP contribution in [0.5, 0.6) is 0 Å². The summed E-state index contributed by atoms with van der Waals surface area (Å²) in [6, 6.07) is 7.75.